The summed E-state index contributed by atoms with van der Waals surface area (Å²) >= 11 is 0. The molecule has 0 radical (unpaired) electrons. The number of carboxylic acid groups (broad SMARTS) is 1. The standard InChI is InChI=1S/C11H19NO5/c1-16-9-5-3-4-7(10(9)17-2)12-8(6-13)11(14)15/h8-10,13H,3-6H2,1-2H3,(H,14,15)/b12-7-/t8-,9?,10?/m0/s1. The van der Waals surface area contributed by atoms with Crippen molar-refractivity contribution in [1.29, 1.82) is 0 Å². The van der Waals surface area contributed by atoms with Gasteiger partial charge in [-0.2, -0.15) is 0 Å². The van der Waals surface area contributed by atoms with E-state index in [9.17, 15) is 4.79 Å². The Labute approximate surface area is 100 Å². The zero-order valence-corrected chi connectivity index (χ0v) is 10.1. The number of hydrogen-bond acceptors (Lipinski definition) is 5. The van der Waals surface area contributed by atoms with Crippen LogP contribution in [0.3, 0.4) is 0 Å². The molecule has 0 aromatic carbocycles. The average molecular weight is 245 g/mol. The van der Waals surface area contributed by atoms with Crippen LogP contribution in [0.25, 0.3) is 0 Å². The molecule has 0 amide bonds. The summed E-state index contributed by atoms with van der Waals surface area (Å²) in [5.74, 6) is -1.13. The molecule has 2 unspecified atom stereocenters. The Morgan fingerprint density at radius 3 is 2.71 bits per heavy atom. The molecule has 2 N–H and O–H groups in total. The monoisotopic (exact) mass is 245 g/mol. The number of rotatable bonds is 5. The third-order valence-corrected chi connectivity index (χ3v) is 2.92. The number of nitrogens with zero attached hydrogens (tertiary/aromatic N) is 1. The van der Waals surface area contributed by atoms with Gasteiger partial charge in [0.1, 0.15) is 6.10 Å². The van der Waals surface area contributed by atoms with Gasteiger partial charge < -0.3 is 19.7 Å². The Morgan fingerprint density at radius 1 is 1.53 bits per heavy atom. The first-order chi connectivity index (χ1) is 8.13. The molecule has 1 fully saturated rings. The maximum atomic E-state index is 10.8. The predicted molar refractivity (Wildman–Crippen MR) is 61.4 cm³/mol. The molecule has 3 atom stereocenters. The highest BCUT2D eigenvalue weighted by Crippen LogP contribution is 2.22. The van der Waals surface area contributed by atoms with Crippen molar-refractivity contribution < 1.29 is 24.5 Å². The van der Waals surface area contributed by atoms with Crippen molar-refractivity contribution in [3.8, 4) is 0 Å². The lowest BCUT2D eigenvalue weighted by atomic mass is 9.92. The fourth-order valence-electron chi connectivity index (χ4n) is 2.03. The third kappa shape index (κ3) is 3.49. The number of methoxy groups -OCH3 is 2. The largest absolute Gasteiger partial charge is 0.480 e. The Bertz CT molecular complexity index is 292. The number of carboxylic acids is 1. The zero-order chi connectivity index (χ0) is 12.8. The molecular weight excluding hydrogens is 226 g/mol. The van der Waals surface area contributed by atoms with Crippen LogP contribution in [0.4, 0.5) is 0 Å². The normalized spacial score (nSPS) is 29.2. The van der Waals surface area contributed by atoms with E-state index in [0.29, 0.717) is 12.1 Å². The average Bonchev–Trinajstić information content (AvgIpc) is 2.34. The minimum Gasteiger partial charge on any atom is -0.480 e. The molecule has 0 bridgehead atoms. The molecular formula is C11H19NO5. The predicted octanol–water partition coefficient (Wildman–Crippen LogP) is 0.0868. The van der Waals surface area contributed by atoms with Gasteiger partial charge in [-0.3, -0.25) is 4.99 Å². The van der Waals surface area contributed by atoms with Gasteiger partial charge in [0, 0.05) is 19.9 Å². The quantitative estimate of drug-likeness (QED) is 0.716. The first kappa shape index (κ1) is 14.1. The zero-order valence-electron chi connectivity index (χ0n) is 10.1. The second-order valence-corrected chi connectivity index (χ2v) is 3.98. The van der Waals surface area contributed by atoms with Crippen molar-refractivity contribution >= 4 is 11.7 Å². The number of aliphatic hydroxyl groups excluding tert-OH is 1. The highest BCUT2D eigenvalue weighted by molar-refractivity contribution is 5.92. The first-order valence-electron chi connectivity index (χ1n) is 5.59. The van der Waals surface area contributed by atoms with Crippen LogP contribution in [0.15, 0.2) is 4.99 Å². The number of carbonyl (C=O) groups is 1. The van der Waals surface area contributed by atoms with Crippen LogP contribution in [0, 0.1) is 0 Å². The Kier molecular flexibility index (Phi) is 5.54. The van der Waals surface area contributed by atoms with E-state index >= 15 is 0 Å². The van der Waals surface area contributed by atoms with E-state index in [1.807, 2.05) is 0 Å². The molecule has 0 aromatic rings. The minimum atomic E-state index is -1.13. The number of aliphatic carboxylic acids is 1. The van der Waals surface area contributed by atoms with Gasteiger partial charge in [0.2, 0.25) is 0 Å². The Balaban J connectivity index is 2.85. The minimum absolute atomic E-state index is 0.0966. The molecule has 1 aliphatic carbocycles. The van der Waals surface area contributed by atoms with Gasteiger partial charge in [0.25, 0.3) is 0 Å². The summed E-state index contributed by atoms with van der Waals surface area (Å²) in [6.07, 6.45) is 2.02. The molecule has 0 spiro atoms. The maximum absolute atomic E-state index is 10.8. The summed E-state index contributed by atoms with van der Waals surface area (Å²) in [5.41, 5.74) is 0.659. The van der Waals surface area contributed by atoms with Gasteiger partial charge in [-0.15, -0.1) is 0 Å². The SMILES string of the molecule is COC1CCC/C(=N/[C@@H](CO)C(=O)O)C1OC. The molecule has 1 saturated carbocycles. The first-order valence-corrected chi connectivity index (χ1v) is 5.59. The van der Waals surface area contributed by atoms with Crippen molar-refractivity contribution in [1.82, 2.24) is 0 Å². The number of aliphatic hydroxyl groups is 1. The van der Waals surface area contributed by atoms with E-state index in [1.54, 1.807) is 14.2 Å². The van der Waals surface area contributed by atoms with Crippen LogP contribution in [-0.4, -0.2) is 61.0 Å². The summed E-state index contributed by atoms with van der Waals surface area (Å²) in [7, 11) is 3.15. The maximum Gasteiger partial charge on any atom is 0.330 e. The fraction of sp³-hybridized carbons (Fsp3) is 0.818. The van der Waals surface area contributed by atoms with E-state index in [0.717, 1.165) is 12.8 Å². The summed E-state index contributed by atoms with van der Waals surface area (Å²) in [4.78, 5) is 14.9. The Morgan fingerprint density at radius 2 is 2.24 bits per heavy atom. The van der Waals surface area contributed by atoms with Crippen molar-refractivity contribution in [2.24, 2.45) is 4.99 Å². The number of aliphatic imine (C=N–C) groups is 1. The molecule has 6 nitrogen and oxygen atoms in total. The molecule has 98 valence electrons. The summed E-state index contributed by atoms with van der Waals surface area (Å²) in [6.45, 7) is -0.507. The molecule has 17 heavy (non-hydrogen) atoms. The second-order valence-electron chi connectivity index (χ2n) is 3.98. The van der Waals surface area contributed by atoms with Crippen LogP contribution in [0.5, 0.6) is 0 Å². The van der Waals surface area contributed by atoms with Gasteiger partial charge in [-0.1, -0.05) is 0 Å². The van der Waals surface area contributed by atoms with Gasteiger partial charge in [-0.25, -0.2) is 4.79 Å². The van der Waals surface area contributed by atoms with Crippen LogP contribution in [0.1, 0.15) is 19.3 Å². The fourth-order valence-corrected chi connectivity index (χ4v) is 2.03. The number of ether oxygens (including phenoxy) is 2. The van der Waals surface area contributed by atoms with Gasteiger partial charge in [0.05, 0.1) is 12.7 Å². The molecule has 0 heterocycles. The lowest BCUT2D eigenvalue weighted by Gasteiger charge is -2.31. The lowest BCUT2D eigenvalue weighted by molar-refractivity contribution is -0.139. The summed E-state index contributed by atoms with van der Waals surface area (Å²) in [6, 6.07) is -1.11. The highest BCUT2D eigenvalue weighted by atomic mass is 16.5. The van der Waals surface area contributed by atoms with Crippen molar-refractivity contribution in [3.05, 3.63) is 0 Å². The molecule has 6 heteroatoms. The summed E-state index contributed by atoms with van der Waals surface area (Å²) < 4.78 is 10.6. The van der Waals surface area contributed by atoms with E-state index in [4.69, 9.17) is 19.7 Å². The molecule has 0 saturated heterocycles. The van der Waals surface area contributed by atoms with Crippen LogP contribution in [-0.2, 0) is 14.3 Å². The van der Waals surface area contributed by atoms with Crippen molar-refractivity contribution in [3.63, 3.8) is 0 Å². The van der Waals surface area contributed by atoms with Crippen molar-refractivity contribution in [2.75, 3.05) is 20.8 Å². The number of hydrogen-bond donors (Lipinski definition) is 2. The molecule has 0 aromatic heterocycles. The van der Waals surface area contributed by atoms with Crippen LogP contribution < -0.4 is 0 Å². The van der Waals surface area contributed by atoms with Crippen LogP contribution in [0.2, 0.25) is 0 Å². The summed E-state index contributed by atoms with van der Waals surface area (Å²) in [5, 5.41) is 17.8. The van der Waals surface area contributed by atoms with E-state index in [-0.39, 0.29) is 12.2 Å². The van der Waals surface area contributed by atoms with Gasteiger partial charge in [-0.05, 0) is 19.3 Å². The molecule has 1 rings (SSSR count). The van der Waals surface area contributed by atoms with Gasteiger partial charge >= 0.3 is 5.97 Å². The highest BCUT2D eigenvalue weighted by Gasteiger charge is 2.31. The molecule has 0 aliphatic heterocycles. The lowest BCUT2D eigenvalue weighted by Crippen LogP contribution is -2.42. The third-order valence-electron chi connectivity index (χ3n) is 2.92. The second kappa shape index (κ2) is 6.68. The molecule has 1 aliphatic rings. The van der Waals surface area contributed by atoms with Gasteiger partial charge in [0.15, 0.2) is 6.04 Å². The van der Waals surface area contributed by atoms with E-state index in [2.05, 4.69) is 4.99 Å². The Hall–Kier alpha value is -0.980. The smallest absolute Gasteiger partial charge is 0.330 e. The van der Waals surface area contributed by atoms with Crippen LogP contribution >= 0.6 is 0 Å². The topological polar surface area (TPSA) is 88.4 Å². The van der Waals surface area contributed by atoms with Crippen molar-refractivity contribution in [2.45, 2.75) is 37.5 Å². The van der Waals surface area contributed by atoms with E-state index < -0.39 is 18.6 Å². The van der Waals surface area contributed by atoms with E-state index in [1.165, 1.54) is 0 Å².